The topological polar surface area (TPSA) is 72.5 Å². The second-order valence-electron chi connectivity index (χ2n) is 4.52. The number of hydrogen-bond acceptors (Lipinski definition) is 4. The van der Waals surface area contributed by atoms with E-state index >= 15 is 0 Å². The summed E-state index contributed by atoms with van der Waals surface area (Å²) in [5.41, 5.74) is 5.77. The molecule has 0 saturated heterocycles. The summed E-state index contributed by atoms with van der Waals surface area (Å²) < 4.78 is 6.43. The summed E-state index contributed by atoms with van der Waals surface area (Å²) in [5.74, 6) is -0.274. The first-order chi connectivity index (χ1) is 8.21. The molecule has 3 N–H and O–H groups in total. The number of aromatic hydroxyl groups is 1. The number of phenolic OH excluding ortho intramolecular Hbond substituents is 1. The maximum atomic E-state index is 11.7. The number of halogens is 3. The normalized spacial score (nSPS) is 12.5. The molecule has 1 atom stereocenters. The zero-order valence-corrected chi connectivity index (χ0v) is 15.9. The summed E-state index contributed by atoms with van der Waals surface area (Å²) >= 11 is 4.19. The van der Waals surface area contributed by atoms with Crippen molar-refractivity contribution in [3.05, 3.63) is 24.8 Å². The minimum Gasteiger partial charge on any atom is -0.506 e. The summed E-state index contributed by atoms with van der Waals surface area (Å²) in [6.45, 7) is 3.41. The van der Waals surface area contributed by atoms with Crippen LogP contribution in [-0.2, 0) is 9.53 Å². The smallest absolute Gasteiger partial charge is 0.313 e. The number of nitrogens with two attached hydrogens (primary N) is 1. The molecule has 7 heteroatoms. The second kappa shape index (κ2) is 7.28. The number of phenols is 1. The Labute approximate surface area is 146 Å². The molecule has 0 saturated carbocycles. The summed E-state index contributed by atoms with van der Waals surface area (Å²) in [4.78, 5) is 11.7. The molecule has 0 radical (unpaired) electrons. The molecule has 1 aromatic rings. The molecule has 0 aliphatic heterocycles. The van der Waals surface area contributed by atoms with E-state index in [1.165, 1.54) is 7.11 Å². The highest BCUT2D eigenvalue weighted by Crippen LogP contribution is 2.39. The van der Waals surface area contributed by atoms with E-state index in [0.29, 0.717) is 9.13 Å². The minimum atomic E-state index is -0.903. The maximum absolute atomic E-state index is 11.7. The maximum Gasteiger partial charge on any atom is 0.313 e. The van der Waals surface area contributed by atoms with Crippen molar-refractivity contribution in [1.29, 1.82) is 0 Å². The van der Waals surface area contributed by atoms with E-state index in [2.05, 4.69) is 22.6 Å². The van der Waals surface area contributed by atoms with Gasteiger partial charge in [-0.25, -0.2) is 0 Å². The van der Waals surface area contributed by atoms with Crippen LogP contribution in [-0.4, -0.2) is 18.2 Å². The SMILES string of the molecule is COC(=O)C(C)(C)[C@H](N)c1cc(I)cc(I)c1O.Cl. The third kappa shape index (κ3) is 4.08. The molecule has 0 heterocycles. The number of carbonyl (C=O) groups excluding carboxylic acids is 1. The fourth-order valence-electron chi connectivity index (χ4n) is 1.60. The van der Waals surface area contributed by atoms with Gasteiger partial charge < -0.3 is 15.6 Å². The van der Waals surface area contributed by atoms with Crippen molar-refractivity contribution < 1.29 is 14.6 Å². The number of ether oxygens (including phenoxy) is 1. The van der Waals surface area contributed by atoms with Crippen LogP contribution in [0, 0.1) is 12.6 Å². The van der Waals surface area contributed by atoms with Crippen molar-refractivity contribution in [3.63, 3.8) is 0 Å². The van der Waals surface area contributed by atoms with Gasteiger partial charge in [-0.15, -0.1) is 12.4 Å². The van der Waals surface area contributed by atoms with Gasteiger partial charge in [0.05, 0.1) is 16.1 Å². The van der Waals surface area contributed by atoms with E-state index in [4.69, 9.17) is 10.5 Å². The van der Waals surface area contributed by atoms with Crippen molar-refractivity contribution in [2.45, 2.75) is 19.9 Å². The molecule has 0 spiro atoms. The largest absolute Gasteiger partial charge is 0.506 e. The Morgan fingerprint density at radius 1 is 1.42 bits per heavy atom. The van der Waals surface area contributed by atoms with Gasteiger partial charge in [0.1, 0.15) is 5.75 Å². The molecule has 0 aliphatic rings. The molecular weight excluding hydrogens is 495 g/mol. The van der Waals surface area contributed by atoms with Crippen LogP contribution in [0.15, 0.2) is 12.1 Å². The van der Waals surface area contributed by atoms with Gasteiger partial charge in [-0.1, -0.05) is 0 Å². The highest BCUT2D eigenvalue weighted by atomic mass is 127. The Morgan fingerprint density at radius 3 is 2.42 bits per heavy atom. The van der Waals surface area contributed by atoms with Gasteiger partial charge in [-0.3, -0.25) is 4.79 Å². The fourth-order valence-corrected chi connectivity index (χ4v) is 3.49. The Kier molecular flexibility index (Phi) is 7.35. The van der Waals surface area contributed by atoms with Crippen LogP contribution in [0.3, 0.4) is 0 Å². The van der Waals surface area contributed by atoms with Gasteiger partial charge in [0.15, 0.2) is 0 Å². The van der Waals surface area contributed by atoms with Gasteiger partial charge in [0.25, 0.3) is 0 Å². The lowest BCUT2D eigenvalue weighted by molar-refractivity contribution is -0.152. The molecule has 0 fully saturated rings. The molecule has 4 nitrogen and oxygen atoms in total. The quantitative estimate of drug-likeness (QED) is 0.483. The average molecular weight is 512 g/mol. The molecule has 0 amide bonds. The van der Waals surface area contributed by atoms with Crippen LogP contribution < -0.4 is 5.73 Å². The zero-order chi connectivity index (χ0) is 14.1. The van der Waals surface area contributed by atoms with Crippen molar-refractivity contribution in [1.82, 2.24) is 0 Å². The minimum absolute atomic E-state index is 0. The number of methoxy groups -OCH3 is 1. The van der Waals surface area contributed by atoms with Crippen LogP contribution in [0.4, 0.5) is 0 Å². The predicted octanol–water partition coefficient (Wildman–Crippen LogP) is 3.22. The molecule has 1 rings (SSSR count). The second-order valence-corrected chi connectivity index (χ2v) is 6.92. The van der Waals surface area contributed by atoms with Gasteiger partial charge in [0, 0.05) is 15.2 Å². The summed E-state index contributed by atoms with van der Waals surface area (Å²) in [6.07, 6.45) is 0. The van der Waals surface area contributed by atoms with Gasteiger partial charge in [-0.05, 0) is 71.2 Å². The predicted molar refractivity (Wildman–Crippen MR) is 93.5 cm³/mol. The highest BCUT2D eigenvalue weighted by molar-refractivity contribution is 14.1. The van der Waals surface area contributed by atoms with Crippen molar-refractivity contribution in [3.8, 4) is 5.75 Å². The van der Waals surface area contributed by atoms with E-state index in [0.717, 1.165) is 3.57 Å². The summed E-state index contributed by atoms with van der Waals surface area (Å²) in [7, 11) is 1.33. The molecule has 0 aliphatic carbocycles. The first kappa shape index (κ1) is 19.2. The molecule has 0 bridgehead atoms. The zero-order valence-electron chi connectivity index (χ0n) is 10.7. The summed E-state index contributed by atoms with van der Waals surface area (Å²) in [5, 5.41) is 10.1. The molecule has 108 valence electrons. The van der Waals surface area contributed by atoms with Crippen molar-refractivity contribution in [2.75, 3.05) is 7.11 Å². The molecule has 0 aromatic heterocycles. The third-order valence-corrected chi connectivity index (χ3v) is 4.33. The lowest BCUT2D eigenvalue weighted by Crippen LogP contribution is -2.37. The number of carbonyl (C=O) groups is 1. The number of rotatable bonds is 3. The number of esters is 1. The monoisotopic (exact) mass is 511 g/mol. The first-order valence-corrected chi connectivity index (χ1v) is 7.39. The molecule has 0 unspecified atom stereocenters. The number of hydrogen-bond donors (Lipinski definition) is 2. The molecule has 19 heavy (non-hydrogen) atoms. The van der Waals surface area contributed by atoms with Crippen LogP contribution in [0.1, 0.15) is 25.5 Å². The molecular formula is C12H16ClI2NO3. The Balaban J connectivity index is 0.00000324. The van der Waals surface area contributed by atoms with Crippen LogP contribution >= 0.6 is 57.6 Å². The Morgan fingerprint density at radius 2 is 1.95 bits per heavy atom. The van der Waals surface area contributed by atoms with Crippen LogP contribution in [0.5, 0.6) is 5.75 Å². The Hall–Kier alpha value is 0.200. The van der Waals surface area contributed by atoms with E-state index in [1.54, 1.807) is 19.9 Å². The van der Waals surface area contributed by atoms with Crippen LogP contribution in [0.25, 0.3) is 0 Å². The highest BCUT2D eigenvalue weighted by Gasteiger charge is 2.38. The molecule has 1 aromatic carbocycles. The van der Waals surface area contributed by atoms with Gasteiger partial charge >= 0.3 is 5.97 Å². The number of benzene rings is 1. The van der Waals surface area contributed by atoms with Gasteiger partial charge in [-0.2, -0.15) is 0 Å². The van der Waals surface area contributed by atoms with Gasteiger partial charge in [0.2, 0.25) is 0 Å². The van der Waals surface area contributed by atoms with E-state index in [9.17, 15) is 9.90 Å². The van der Waals surface area contributed by atoms with Crippen molar-refractivity contribution in [2.24, 2.45) is 11.1 Å². The van der Waals surface area contributed by atoms with E-state index in [1.807, 2.05) is 28.7 Å². The summed E-state index contributed by atoms with van der Waals surface area (Å²) in [6, 6.07) is 3.00. The lowest BCUT2D eigenvalue weighted by Gasteiger charge is -2.29. The fraction of sp³-hybridized carbons (Fsp3) is 0.417. The lowest BCUT2D eigenvalue weighted by atomic mass is 9.81. The standard InChI is InChI=1S/C12H15I2NO3.ClH/c1-12(2,11(17)18-3)10(15)7-4-6(13)5-8(14)9(7)16;/h4-5,10,16H,15H2,1-3H3;1H/t10-;/m1./s1. The average Bonchev–Trinajstić information content (AvgIpc) is 2.31. The van der Waals surface area contributed by atoms with Crippen molar-refractivity contribution >= 4 is 63.6 Å². The van der Waals surface area contributed by atoms with E-state index < -0.39 is 17.4 Å². The Bertz CT molecular complexity index is 480. The third-order valence-electron chi connectivity index (χ3n) is 2.88. The first-order valence-electron chi connectivity index (χ1n) is 5.23. The van der Waals surface area contributed by atoms with E-state index in [-0.39, 0.29) is 18.2 Å². The van der Waals surface area contributed by atoms with Crippen LogP contribution in [0.2, 0.25) is 0 Å².